The predicted octanol–water partition coefficient (Wildman–Crippen LogP) is 0.912. The summed E-state index contributed by atoms with van der Waals surface area (Å²) in [5.74, 6) is 0. The van der Waals surface area contributed by atoms with Gasteiger partial charge in [-0.25, -0.2) is 8.42 Å². The molecule has 0 amide bonds. The Kier molecular flexibility index (Phi) is 3.72. The smallest absolute Gasteiger partial charge is 0.264 e. The molecule has 0 aliphatic carbocycles. The van der Waals surface area contributed by atoms with Crippen LogP contribution in [0.2, 0.25) is 0 Å². The maximum Gasteiger partial charge on any atom is 0.264 e. The van der Waals surface area contributed by atoms with Crippen LogP contribution >= 0.6 is 12.2 Å². The Hall–Kier alpha value is -2.06. The molecular formula is C11H10N4O2S2. The quantitative estimate of drug-likeness (QED) is 0.813. The van der Waals surface area contributed by atoms with Crippen LogP contribution in [0.5, 0.6) is 0 Å². The highest BCUT2D eigenvalue weighted by Crippen LogP contribution is 2.17. The zero-order chi connectivity index (χ0) is 13.9. The summed E-state index contributed by atoms with van der Waals surface area (Å²) in [5.41, 5.74) is 5.88. The molecule has 2 rings (SSSR count). The van der Waals surface area contributed by atoms with Gasteiger partial charge in [0.05, 0.1) is 11.9 Å². The number of aromatic nitrogens is 2. The first kappa shape index (κ1) is 13.4. The molecule has 2 heterocycles. The van der Waals surface area contributed by atoms with E-state index in [0.717, 1.165) is 0 Å². The highest BCUT2D eigenvalue weighted by Gasteiger charge is 2.20. The topological polar surface area (TPSA) is 98.0 Å². The minimum absolute atomic E-state index is 0.0636. The Bertz CT molecular complexity index is 702. The summed E-state index contributed by atoms with van der Waals surface area (Å²) in [7, 11) is -3.81. The highest BCUT2D eigenvalue weighted by molar-refractivity contribution is 7.93. The molecule has 19 heavy (non-hydrogen) atoms. The standard InChI is InChI=1S/C11H10N4O2S2/c12-11(18)10-9(4-2-6-14-10)19(16,17)15-8-3-1-5-13-7-8/h1-7,15H,(H2,12,18). The monoisotopic (exact) mass is 294 g/mol. The zero-order valence-corrected chi connectivity index (χ0v) is 11.3. The van der Waals surface area contributed by atoms with E-state index in [0.29, 0.717) is 5.69 Å². The third-order valence-corrected chi connectivity index (χ3v) is 3.81. The van der Waals surface area contributed by atoms with Gasteiger partial charge < -0.3 is 5.73 Å². The lowest BCUT2D eigenvalue weighted by molar-refractivity contribution is 0.600. The molecule has 0 spiro atoms. The van der Waals surface area contributed by atoms with Crippen molar-refractivity contribution in [2.45, 2.75) is 4.90 Å². The Labute approximate surface area is 115 Å². The van der Waals surface area contributed by atoms with E-state index in [2.05, 4.69) is 14.7 Å². The molecule has 0 saturated carbocycles. The Balaban J connectivity index is 2.43. The van der Waals surface area contributed by atoms with Gasteiger partial charge in [0, 0.05) is 12.4 Å². The zero-order valence-electron chi connectivity index (χ0n) is 9.65. The molecule has 98 valence electrons. The Morgan fingerprint density at radius 1 is 1.26 bits per heavy atom. The molecule has 0 aromatic carbocycles. The van der Waals surface area contributed by atoms with Gasteiger partial charge in [0.2, 0.25) is 0 Å². The van der Waals surface area contributed by atoms with Gasteiger partial charge in [-0.1, -0.05) is 12.2 Å². The molecule has 0 atom stereocenters. The van der Waals surface area contributed by atoms with Crippen molar-refractivity contribution in [2.24, 2.45) is 5.73 Å². The maximum absolute atomic E-state index is 12.2. The van der Waals surface area contributed by atoms with Gasteiger partial charge in [0.1, 0.15) is 15.6 Å². The van der Waals surface area contributed by atoms with Crippen molar-refractivity contribution in [2.75, 3.05) is 4.72 Å². The van der Waals surface area contributed by atoms with E-state index in [1.54, 1.807) is 18.3 Å². The molecule has 0 radical (unpaired) electrons. The van der Waals surface area contributed by atoms with Crippen molar-refractivity contribution in [3.63, 3.8) is 0 Å². The van der Waals surface area contributed by atoms with Gasteiger partial charge in [-0.15, -0.1) is 0 Å². The second-order valence-corrected chi connectivity index (χ2v) is 5.65. The number of rotatable bonds is 4. The van der Waals surface area contributed by atoms with Crippen molar-refractivity contribution in [3.8, 4) is 0 Å². The van der Waals surface area contributed by atoms with Gasteiger partial charge in [-0.05, 0) is 24.3 Å². The van der Waals surface area contributed by atoms with Gasteiger partial charge >= 0.3 is 0 Å². The van der Waals surface area contributed by atoms with Crippen LogP contribution in [0, 0.1) is 0 Å². The Morgan fingerprint density at radius 2 is 2.00 bits per heavy atom. The Morgan fingerprint density at radius 3 is 2.63 bits per heavy atom. The van der Waals surface area contributed by atoms with Crippen LogP contribution in [-0.4, -0.2) is 23.4 Å². The molecule has 2 aromatic heterocycles. The second kappa shape index (κ2) is 5.29. The first-order chi connectivity index (χ1) is 9.00. The molecular weight excluding hydrogens is 284 g/mol. The molecule has 0 aliphatic heterocycles. The highest BCUT2D eigenvalue weighted by atomic mass is 32.2. The number of hydrogen-bond acceptors (Lipinski definition) is 5. The minimum Gasteiger partial charge on any atom is -0.388 e. The minimum atomic E-state index is -3.81. The lowest BCUT2D eigenvalue weighted by Crippen LogP contribution is -2.21. The SMILES string of the molecule is NC(=S)c1ncccc1S(=O)(=O)Nc1cccnc1. The fourth-order valence-electron chi connectivity index (χ4n) is 1.43. The summed E-state index contributed by atoms with van der Waals surface area (Å²) in [6, 6.07) is 6.09. The van der Waals surface area contributed by atoms with Crippen LogP contribution in [0.3, 0.4) is 0 Å². The van der Waals surface area contributed by atoms with Crippen molar-refractivity contribution in [1.82, 2.24) is 9.97 Å². The lowest BCUT2D eigenvalue weighted by atomic mass is 10.3. The first-order valence-corrected chi connectivity index (χ1v) is 7.07. The van der Waals surface area contributed by atoms with Gasteiger partial charge in [0.25, 0.3) is 10.0 Å². The average molecular weight is 294 g/mol. The molecule has 3 N–H and O–H groups in total. The summed E-state index contributed by atoms with van der Waals surface area (Å²) < 4.78 is 26.8. The normalized spacial score (nSPS) is 10.9. The van der Waals surface area contributed by atoms with Crippen LogP contribution in [0.25, 0.3) is 0 Å². The number of nitrogens with one attached hydrogen (secondary N) is 1. The van der Waals surface area contributed by atoms with Gasteiger partial charge in [0.15, 0.2) is 0 Å². The fourth-order valence-corrected chi connectivity index (χ4v) is 2.87. The number of nitrogens with two attached hydrogens (primary N) is 1. The van der Waals surface area contributed by atoms with Crippen molar-refractivity contribution < 1.29 is 8.42 Å². The van der Waals surface area contributed by atoms with Crippen molar-refractivity contribution in [1.29, 1.82) is 0 Å². The third-order valence-electron chi connectivity index (χ3n) is 2.21. The number of pyridine rings is 2. The van der Waals surface area contributed by atoms with Crippen molar-refractivity contribution >= 4 is 32.9 Å². The number of anilines is 1. The average Bonchev–Trinajstić information content (AvgIpc) is 2.39. The summed E-state index contributed by atoms with van der Waals surface area (Å²) in [6.07, 6.45) is 4.37. The largest absolute Gasteiger partial charge is 0.388 e. The van der Waals surface area contributed by atoms with E-state index in [9.17, 15) is 8.42 Å². The fraction of sp³-hybridized carbons (Fsp3) is 0. The number of sulfonamides is 1. The predicted molar refractivity (Wildman–Crippen MR) is 75.2 cm³/mol. The van der Waals surface area contributed by atoms with Crippen LogP contribution in [0.15, 0.2) is 47.8 Å². The van der Waals surface area contributed by atoms with Crippen LogP contribution < -0.4 is 10.5 Å². The van der Waals surface area contributed by atoms with E-state index < -0.39 is 10.0 Å². The van der Waals surface area contributed by atoms with Crippen LogP contribution in [0.1, 0.15) is 5.69 Å². The summed E-state index contributed by atoms with van der Waals surface area (Å²) in [4.78, 5) is 7.57. The molecule has 0 fully saturated rings. The molecule has 0 aliphatic rings. The maximum atomic E-state index is 12.2. The molecule has 0 bridgehead atoms. The number of thiocarbonyl (C=S) groups is 1. The first-order valence-electron chi connectivity index (χ1n) is 5.18. The third kappa shape index (κ3) is 3.04. The summed E-state index contributed by atoms with van der Waals surface area (Å²) in [5, 5.41) is 0. The van der Waals surface area contributed by atoms with Gasteiger partial charge in [-0.2, -0.15) is 0 Å². The van der Waals surface area contributed by atoms with Crippen LogP contribution in [-0.2, 0) is 10.0 Å². The molecule has 6 nitrogen and oxygen atoms in total. The summed E-state index contributed by atoms with van der Waals surface area (Å²) in [6.45, 7) is 0. The van der Waals surface area contributed by atoms with E-state index in [1.165, 1.54) is 24.5 Å². The lowest BCUT2D eigenvalue weighted by Gasteiger charge is -2.10. The number of hydrogen-bond donors (Lipinski definition) is 2. The molecule has 0 unspecified atom stereocenters. The number of nitrogens with zero attached hydrogens (tertiary/aromatic N) is 2. The van der Waals surface area contributed by atoms with E-state index in [1.807, 2.05) is 0 Å². The van der Waals surface area contributed by atoms with E-state index >= 15 is 0 Å². The molecule has 2 aromatic rings. The summed E-state index contributed by atoms with van der Waals surface area (Å²) >= 11 is 4.79. The second-order valence-electron chi connectivity index (χ2n) is 3.56. The van der Waals surface area contributed by atoms with Crippen LogP contribution in [0.4, 0.5) is 5.69 Å². The van der Waals surface area contributed by atoms with E-state index in [-0.39, 0.29) is 15.6 Å². The molecule has 8 heteroatoms. The van der Waals surface area contributed by atoms with Crippen molar-refractivity contribution in [3.05, 3.63) is 48.5 Å². The molecule has 0 saturated heterocycles. The van der Waals surface area contributed by atoms with E-state index in [4.69, 9.17) is 18.0 Å². The van der Waals surface area contributed by atoms with Gasteiger partial charge in [-0.3, -0.25) is 14.7 Å².